The normalized spacial score (nSPS) is 23.2. The van der Waals surface area contributed by atoms with Crippen LogP contribution in [0.3, 0.4) is 0 Å². The van der Waals surface area contributed by atoms with Gasteiger partial charge < -0.3 is 39.9 Å². The first-order valence-electron chi connectivity index (χ1n) is 15.4. The maximum atomic E-state index is 14.3. The number of hydrogen-bond donors (Lipinski definition) is 3. The first-order chi connectivity index (χ1) is 21.4. The summed E-state index contributed by atoms with van der Waals surface area (Å²) in [5.74, 6) is -1.11. The number of hydrogen-bond acceptors (Lipinski definition) is 10. The monoisotopic (exact) mass is 625 g/mol. The molecular formula is C32H43N5O8. The molecule has 1 saturated heterocycles. The van der Waals surface area contributed by atoms with Crippen molar-refractivity contribution in [3.63, 3.8) is 0 Å². The molecule has 13 nitrogen and oxygen atoms in total. The summed E-state index contributed by atoms with van der Waals surface area (Å²) < 4.78 is 16.6. The number of likely N-dealkylation sites (tertiary alicyclic amines) is 1. The average Bonchev–Trinajstić information content (AvgIpc) is 3.39. The number of ketones is 1. The van der Waals surface area contributed by atoms with E-state index >= 15 is 0 Å². The molecule has 3 aliphatic heterocycles. The molecule has 45 heavy (non-hydrogen) atoms. The number of amides is 3. The second-order valence-corrected chi connectivity index (χ2v) is 12.9. The number of rotatable bonds is 13. The van der Waals surface area contributed by atoms with Gasteiger partial charge in [-0.25, -0.2) is 0 Å². The minimum absolute atomic E-state index is 0.00240. The van der Waals surface area contributed by atoms with E-state index in [1.807, 2.05) is 19.1 Å². The molecule has 0 unspecified atom stereocenters. The Kier molecular flexibility index (Phi) is 9.11. The average molecular weight is 626 g/mol. The fourth-order valence-electron chi connectivity index (χ4n) is 5.89. The maximum absolute atomic E-state index is 14.3. The zero-order valence-corrected chi connectivity index (χ0v) is 26.6. The van der Waals surface area contributed by atoms with Crippen molar-refractivity contribution in [2.45, 2.75) is 102 Å². The highest BCUT2D eigenvalue weighted by Gasteiger charge is 2.56. The summed E-state index contributed by atoms with van der Waals surface area (Å²) in [6.45, 7) is 11.3. The van der Waals surface area contributed by atoms with Gasteiger partial charge in [-0.1, -0.05) is 25.1 Å². The Hall–Kier alpha value is -4.13. The van der Waals surface area contributed by atoms with Gasteiger partial charge in [-0.3, -0.25) is 19.2 Å². The first kappa shape index (κ1) is 32.3. The van der Waals surface area contributed by atoms with Crippen molar-refractivity contribution in [1.29, 1.82) is 0 Å². The van der Waals surface area contributed by atoms with E-state index in [2.05, 4.69) is 27.7 Å². The van der Waals surface area contributed by atoms with Crippen molar-refractivity contribution < 1.29 is 38.2 Å². The molecule has 1 saturated carbocycles. The van der Waals surface area contributed by atoms with Crippen LogP contribution in [0.5, 0.6) is 11.5 Å². The first-order valence-corrected chi connectivity index (χ1v) is 15.4. The molecule has 3 heterocycles. The molecule has 244 valence electrons. The smallest absolute Gasteiger partial charge is 0.289 e. The van der Waals surface area contributed by atoms with Crippen molar-refractivity contribution in [3.05, 3.63) is 36.0 Å². The summed E-state index contributed by atoms with van der Waals surface area (Å²) in [6.07, 6.45) is 2.95. The van der Waals surface area contributed by atoms with Crippen LogP contribution in [0.4, 0.5) is 0 Å². The van der Waals surface area contributed by atoms with Gasteiger partial charge in [0.1, 0.15) is 12.1 Å². The van der Waals surface area contributed by atoms with Gasteiger partial charge in [0, 0.05) is 37.3 Å². The van der Waals surface area contributed by atoms with Gasteiger partial charge in [0.15, 0.2) is 17.1 Å². The Balaban J connectivity index is 1.40. The van der Waals surface area contributed by atoms with Crippen LogP contribution >= 0.6 is 0 Å². The minimum Gasteiger partial charge on any atom is -0.454 e. The van der Waals surface area contributed by atoms with E-state index in [0.29, 0.717) is 35.7 Å². The minimum atomic E-state index is -1.03. The molecule has 1 aliphatic carbocycles. The van der Waals surface area contributed by atoms with Crippen LogP contribution in [-0.2, 0) is 28.8 Å². The summed E-state index contributed by atoms with van der Waals surface area (Å²) in [5.41, 5.74) is 0.00117. The van der Waals surface area contributed by atoms with Crippen molar-refractivity contribution in [1.82, 2.24) is 20.9 Å². The molecule has 1 aromatic rings. The highest BCUT2D eigenvalue weighted by Crippen LogP contribution is 2.41. The van der Waals surface area contributed by atoms with Gasteiger partial charge in [-0.15, -0.1) is 0 Å². The van der Waals surface area contributed by atoms with E-state index in [4.69, 9.17) is 19.0 Å². The molecule has 0 radical (unpaired) electrons. The molecule has 0 aromatic heterocycles. The summed E-state index contributed by atoms with van der Waals surface area (Å²) in [5, 5.41) is 13.0. The Morgan fingerprint density at radius 2 is 1.91 bits per heavy atom. The number of nitrogens with one attached hydrogen (secondary N) is 3. The molecule has 4 atom stereocenters. The van der Waals surface area contributed by atoms with Crippen LogP contribution in [-0.4, -0.2) is 89.9 Å². The van der Waals surface area contributed by atoms with E-state index < -0.39 is 52.8 Å². The van der Waals surface area contributed by atoms with Gasteiger partial charge in [-0.2, -0.15) is 0 Å². The largest absolute Gasteiger partial charge is 0.454 e. The fourth-order valence-corrected chi connectivity index (χ4v) is 5.89. The van der Waals surface area contributed by atoms with Crippen molar-refractivity contribution in [2.24, 2.45) is 5.16 Å². The van der Waals surface area contributed by atoms with Crippen molar-refractivity contribution in [3.8, 4) is 11.5 Å². The van der Waals surface area contributed by atoms with E-state index in [1.165, 1.54) is 12.0 Å². The molecule has 0 bridgehead atoms. The second kappa shape index (κ2) is 12.7. The van der Waals surface area contributed by atoms with E-state index in [9.17, 15) is 19.2 Å². The molecule has 2 fully saturated rings. The number of benzene rings is 1. The number of carbonyl (C=O) groups is 4. The molecule has 3 N–H and O–H groups in total. The SMILES string of the molecule is C=C(C)N[C@H](C(=O)N1C[C@]2(CC(c3ccc4c(c3)OCO4)=NO2)C[C@H]1C(=O)N[C@@H](CCC)C(=O)C(=O)NC1CC1)C(C)(C)OC. The number of methoxy groups -OCH3 is 1. The Morgan fingerprint density at radius 3 is 2.58 bits per heavy atom. The topological polar surface area (TPSA) is 157 Å². The van der Waals surface area contributed by atoms with Crippen LogP contribution in [0.2, 0.25) is 0 Å². The summed E-state index contributed by atoms with van der Waals surface area (Å²) in [6, 6.07) is 2.56. The molecule has 4 aliphatic rings. The Bertz CT molecular complexity index is 1410. The third-order valence-electron chi connectivity index (χ3n) is 8.74. The predicted octanol–water partition coefficient (Wildman–Crippen LogP) is 1.93. The third kappa shape index (κ3) is 6.92. The summed E-state index contributed by atoms with van der Waals surface area (Å²) >= 11 is 0. The van der Waals surface area contributed by atoms with Gasteiger partial charge in [0.25, 0.3) is 5.91 Å². The standard InChI is InChI=1S/C32H43N5O8/c1-7-8-21(26(38)29(40)34-20-10-11-20)35-28(39)23-15-32(16-37(23)30(41)27(33-18(2)3)31(4,5)42-6)14-22(36-45-32)19-9-12-24-25(13-19)44-17-43-24/h9,12-13,20-21,23,27,33H,2,7-8,10-11,14-17H2,1,3-6H3,(H,34,40)(H,35,39)/t21-,23-,27+,32-/m0/s1. The molecule has 3 amide bonds. The number of fused-ring (bicyclic) bond motifs is 1. The fraction of sp³-hybridized carbons (Fsp3) is 0.594. The van der Waals surface area contributed by atoms with E-state index in [-0.39, 0.29) is 32.2 Å². The van der Waals surface area contributed by atoms with Crippen molar-refractivity contribution >= 4 is 29.2 Å². The van der Waals surface area contributed by atoms with E-state index in [0.717, 1.165) is 18.4 Å². The zero-order chi connectivity index (χ0) is 32.5. The lowest BCUT2D eigenvalue weighted by molar-refractivity contribution is -0.147. The van der Waals surface area contributed by atoms with Crippen molar-refractivity contribution in [2.75, 3.05) is 20.4 Å². The molecule has 1 aromatic carbocycles. The number of ether oxygens (including phenoxy) is 3. The molecular weight excluding hydrogens is 582 g/mol. The Morgan fingerprint density at radius 1 is 1.18 bits per heavy atom. The van der Waals surface area contributed by atoms with Gasteiger partial charge in [0.05, 0.1) is 23.9 Å². The van der Waals surface area contributed by atoms with Crippen LogP contribution in [0.15, 0.2) is 35.6 Å². The molecule has 5 rings (SSSR count). The summed E-state index contributed by atoms with van der Waals surface area (Å²) in [7, 11) is 1.51. The molecule has 1 spiro atoms. The number of oxime groups is 1. The third-order valence-corrected chi connectivity index (χ3v) is 8.74. The Labute approximate surface area is 263 Å². The van der Waals surface area contributed by atoms with Crippen LogP contribution in [0, 0.1) is 0 Å². The highest BCUT2D eigenvalue weighted by atomic mass is 16.7. The van der Waals surface area contributed by atoms with Gasteiger partial charge >= 0.3 is 0 Å². The van der Waals surface area contributed by atoms with Crippen LogP contribution in [0.25, 0.3) is 0 Å². The van der Waals surface area contributed by atoms with Crippen LogP contribution in [0.1, 0.15) is 71.8 Å². The zero-order valence-electron chi connectivity index (χ0n) is 26.6. The molecule has 13 heteroatoms. The second-order valence-electron chi connectivity index (χ2n) is 12.9. The lowest BCUT2D eigenvalue weighted by atomic mass is 9.91. The van der Waals surface area contributed by atoms with Gasteiger partial charge in [-0.05, 0) is 58.2 Å². The number of allylic oxidation sites excluding steroid dienone is 1. The number of carbonyl (C=O) groups excluding carboxylic acids is 4. The number of nitrogens with zero attached hydrogens (tertiary/aromatic N) is 2. The van der Waals surface area contributed by atoms with Gasteiger partial charge in [0.2, 0.25) is 24.4 Å². The number of Topliss-reactive ketones (excluding diaryl/α,β-unsaturated/α-hetero) is 1. The predicted molar refractivity (Wildman–Crippen MR) is 163 cm³/mol. The lowest BCUT2D eigenvalue weighted by Crippen LogP contribution is -2.60. The summed E-state index contributed by atoms with van der Waals surface area (Å²) in [4.78, 5) is 61.5. The van der Waals surface area contributed by atoms with Crippen LogP contribution < -0.4 is 25.4 Å². The lowest BCUT2D eigenvalue weighted by Gasteiger charge is -2.37. The maximum Gasteiger partial charge on any atom is 0.289 e. The highest BCUT2D eigenvalue weighted by molar-refractivity contribution is 6.38. The van der Waals surface area contributed by atoms with E-state index in [1.54, 1.807) is 26.8 Å². The quantitative estimate of drug-likeness (QED) is 0.279.